The maximum atomic E-state index is 5.23. The third-order valence-corrected chi connectivity index (χ3v) is 10.7. The highest BCUT2D eigenvalue weighted by Crippen LogP contribution is 2.36. The zero-order valence-electron chi connectivity index (χ0n) is 32.7. The molecule has 0 bridgehead atoms. The van der Waals surface area contributed by atoms with Crippen LogP contribution in [0.4, 0.5) is 0 Å². The normalized spacial score (nSPS) is 11.4. The molecule has 3 aromatic heterocycles. The lowest BCUT2D eigenvalue weighted by Gasteiger charge is -2.17. The van der Waals surface area contributed by atoms with Crippen molar-refractivity contribution in [1.29, 1.82) is 0 Å². The molecule has 0 N–H and O–H groups in total. The quantitative estimate of drug-likeness (QED) is 0.162. The molecule has 10 rings (SSSR count). The van der Waals surface area contributed by atoms with Crippen LogP contribution in [0, 0.1) is 27.7 Å². The first-order valence-electron chi connectivity index (χ1n) is 19.5. The van der Waals surface area contributed by atoms with Gasteiger partial charge in [-0.25, -0.2) is 24.9 Å². The van der Waals surface area contributed by atoms with Crippen molar-refractivity contribution in [3.63, 3.8) is 0 Å². The molecule has 0 saturated heterocycles. The first-order valence-corrected chi connectivity index (χ1v) is 19.5. The molecule has 0 atom stereocenters. The summed E-state index contributed by atoms with van der Waals surface area (Å²) in [6.45, 7) is 8.38. The Bertz CT molecular complexity index is 2910. The number of rotatable bonds is 7. The topological polar surface area (TPSA) is 74.3 Å². The van der Waals surface area contributed by atoms with Crippen LogP contribution in [0.5, 0.6) is 0 Å². The largest absolute Gasteiger partial charge is 0.292 e. The van der Waals surface area contributed by atoms with Crippen LogP contribution in [0.25, 0.3) is 90.4 Å². The Labute approximate surface area is 337 Å². The summed E-state index contributed by atoms with van der Waals surface area (Å²) in [4.78, 5) is 26.0. The van der Waals surface area contributed by atoms with Crippen molar-refractivity contribution in [3.8, 4) is 68.3 Å². The SMILES string of the molecule is Cc1ccc(-c2nc(-c3ccc(C)cc3)nc(-c3cc(-n4c(-c5ccc(C)cc5)nc5ccccc54)cc(-n4c(-c5ccc(C)cc5)nc5ccccc54)c3)n2)cc1. The molecule has 278 valence electrons. The van der Waals surface area contributed by atoms with E-state index < -0.39 is 0 Å². The summed E-state index contributed by atoms with van der Waals surface area (Å²) >= 11 is 0. The standard InChI is InChI=1S/C51H39N7/c1-32-13-21-36(22-14-32)47-54-48(37-23-15-33(2)16-24-37)56-49(55-47)40-29-41(57-45-11-7-5-9-43(45)52-50(57)38-25-17-34(3)18-26-38)31-42(30-40)58-46-12-8-6-10-44(46)53-51(58)39-27-19-35(4)20-28-39/h5-31H,1-4H3. The van der Waals surface area contributed by atoms with Gasteiger partial charge in [0.2, 0.25) is 0 Å². The van der Waals surface area contributed by atoms with E-state index in [0.29, 0.717) is 17.5 Å². The number of para-hydroxylation sites is 4. The Morgan fingerprint density at radius 1 is 0.310 bits per heavy atom. The number of nitrogens with zero attached hydrogens (tertiary/aromatic N) is 7. The van der Waals surface area contributed by atoms with Crippen LogP contribution in [0.1, 0.15) is 22.3 Å². The molecule has 7 nitrogen and oxygen atoms in total. The predicted molar refractivity (Wildman–Crippen MR) is 235 cm³/mol. The lowest BCUT2D eigenvalue weighted by Crippen LogP contribution is -2.05. The van der Waals surface area contributed by atoms with Gasteiger partial charge in [-0.05, 0) is 70.2 Å². The smallest absolute Gasteiger partial charge is 0.164 e. The molecule has 7 aromatic carbocycles. The molecule has 7 heteroatoms. The van der Waals surface area contributed by atoms with Gasteiger partial charge in [-0.1, -0.05) is 144 Å². The fourth-order valence-electron chi connectivity index (χ4n) is 7.52. The highest BCUT2D eigenvalue weighted by Gasteiger charge is 2.21. The monoisotopic (exact) mass is 749 g/mol. The Morgan fingerprint density at radius 3 is 1.02 bits per heavy atom. The van der Waals surface area contributed by atoms with Crippen molar-refractivity contribution in [2.45, 2.75) is 27.7 Å². The maximum Gasteiger partial charge on any atom is 0.164 e. The summed E-state index contributed by atoms with van der Waals surface area (Å²) in [7, 11) is 0. The average molecular weight is 750 g/mol. The first kappa shape index (κ1) is 34.9. The molecular weight excluding hydrogens is 711 g/mol. The van der Waals surface area contributed by atoms with E-state index in [0.717, 1.165) is 72.9 Å². The summed E-state index contributed by atoms with van der Waals surface area (Å²) in [5.74, 6) is 3.46. The third kappa shape index (κ3) is 6.42. The molecule has 3 heterocycles. The van der Waals surface area contributed by atoms with E-state index in [1.54, 1.807) is 0 Å². The maximum absolute atomic E-state index is 5.23. The Balaban J connectivity index is 1.29. The van der Waals surface area contributed by atoms with Crippen LogP contribution in [-0.4, -0.2) is 34.1 Å². The Hall–Kier alpha value is -7.51. The van der Waals surface area contributed by atoms with Gasteiger partial charge in [0.05, 0.1) is 33.4 Å². The van der Waals surface area contributed by atoms with E-state index in [4.69, 9.17) is 24.9 Å². The van der Waals surface area contributed by atoms with Crippen molar-refractivity contribution < 1.29 is 0 Å². The number of hydrogen-bond acceptors (Lipinski definition) is 5. The number of imidazole rings is 2. The van der Waals surface area contributed by atoms with Gasteiger partial charge in [0.25, 0.3) is 0 Å². The van der Waals surface area contributed by atoms with Crippen molar-refractivity contribution in [2.75, 3.05) is 0 Å². The van der Waals surface area contributed by atoms with Gasteiger partial charge in [0.1, 0.15) is 11.6 Å². The van der Waals surface area contributed by atoms with E-state index in [1.165, 1.54) is 22.3 Å². The third-order valence-electron chi connectivity index (χ3n) is 10.7. The van der Waals surface area contributed by atoms with E-state index in [9.17, 15) is 0 Å². The second-order valence-corrected chi connectivity index (χ2v) is 15.0. The fourth-order valence-corrected chi connectivity index (χ4v) is 7.52. The minimum atomic E-state index is 0.562. The van der Waals surface area contributed by atoms with E-state index in [2.05, 4.69) is 188 Å². The van der Waals surface area contributed by atoms with Crippen molar-refractivity contribution in [2.24, 2.45) is 0 Å². The molecule has 0 spiro atoms. The second kappa shape index (κ2) is 14.2. The predicted octanol–water partition coefficient (Wildman–Crippen LogP) is 12.1. The Kier molecular flexibility index (Phi) is 8.56. The zero-order chi connectivity index (χ0) is 39.3. The molecule has 0 aliphatic carbocycles. The second-order valence-electron chi connectivity index (χ2n) is 15.0. The van der Waals surface area contributed by atoms with Gasteiger partial charge in [0, 0.05) is 27.8 Å². The van der Waals surface area contributed by atoms with Gasteiger partial charge in [-0.2, -0.15) is 0 Å². The molecule has 0 unspecified atom stereocenters. The molecule has 10 aromatic rings. The molecule has 0 fully saturated rings. The molecule has 0 aliphatic rings. The molecule has 0 saturated carbocycles. The van der Waals surface area contributed by atoms with Crippen molar-refractivity contribution in [1.82, 2.24) is 34.1 Å². The summed E-state index contributed by atoms with van der Waals surface area (Å²) in [5, 5.41) is 0. The van der Waals surface area contributed by atoms with E-state index >= 15 is 0 Å². The first-order chi connectivity index (χ1) is 28.3. The number of benzene rings is 7. The molecule has 0 aliphatic heterocycles. The van der Waals surface area contributed by atoms with Gasteiger partial charge in [-0.15, -0.1) is 0 Å². The summed E-state index contributed by atoms with van der Waals surface area (Å²) in [6.07, 6.45) is 0. The fraction of sp³-hybridized carbons (Fsp3) is 0.0784. The Morgan fingerprint density at radius 2 is 0.638 bits per heavy atom. The molecule has 0 radical (unpaired) electrons. The highest BCUT2D eigenvalue weighted by molar-refractivity contribution is 5.87. The summed E-state index contributed by atoms with van der Waals surface area (Å²) < 4.78 is 4.50. The lowest BCUT2D eigenvalue weighted by molar-refractivity contribution is 1.05. The van der Waals surface area contributed by atoms with Crippen LogP contribution in [0.3, 0.4) is 0 Å². The lowest BCUT2D eigenvalue weighted by atomic mass is 10.1. The summed E-state index contributed by atoms with van der Waals surface area (Å²) in [5.41, 5.74) is 15.1. The number of hydrogen-bond donors (Lipinski definition) is 0. The van der Waals surface area contributed by atoms with Gasteiger partial charge in [0.15, 0.2) is 17.5 Å². The summed E-state index contributed by atoms with van der Waals surface area (Å²) in [6, 6.07) is 57.0. The van der Waals surface area contributed by atoms with E-state index in [1.807, 2.05) is 12.1 Å². The molecule has 58 heavy (non-hydrogen) atoms. The van der Waals surface area contributed by atoms with Crippen LogP contribution in [0.2, 0.25) is 0 Å². The molecular formula is C51H39N7. The molecule has 0 amide bonds. The highest BCUT2D eigenvalue weighted by atomic mass is 15.1. The van der Waals surface area contributed by atoms with Gasteiger partial charge < -0.3 is 0 Å². The average Bonchev–Trinajstić information content (AvgIpc) is 3.84. The number of fused-ring (bicyclic) bond motifs is 2. The minimum absolute atomic E-state index is 0.562. The van der Waals surface area contributed by atoms with Crippen LogP contribution in [0.15, 0.2) is 164 Å². The van der Waals surface area contributed by atoms with Crippen molar-refractivity contribution >= 4 is 22.1 Å². The van der Waals surface area contributed by atoms with Crippen LogP contribution < -0.4 is 0 Å². The van der Waals surface area contributed by atoms with Crippen LogP contribution >= 0.6 is 0 Å². The van der Waals surface area contributed by atoms with Gasteiger partial charge in [-0.3, -0.25) is 9.13 Å². The van der Waals surface area contributed by atoms with Crippen molar-refractivity contribution in [3.05, 3.63) is 186 Å². The minimum Gasteiger partial charge on any atom is -0.292 e. The van der Waals surface area contributed by atoms with E-state index in [-0.39, 0.29) is 0 Å². The zero-order valence-corrected chi connectivity index (χ0v) is 32.7. The van der Waals surface area contributed by atoms with Crippen LogP contribution in [-0.2, 0) is 0 Å². The number of aryl methyl sites for hydroxylation is 4. The number of aromatic nitrogens is 7. The van der Waals surface area contributed by atoms with Gasteiger partial charge >= 0.3 is 0 Å².